The minimum absolute atomic E-state index is 1.09. The van der Waals surface area contributed by atoms with Gasteiger partial charge in [0.15, 0.2) is 0 Å². The number of anilines is 9. The van der Waals surface area contributed by atoms with Crippen LogP contribution in [0, 0.1) is 6.92 Å². The van der Waals surface area contributed by atoms with Gasteiger partial charge in [-0.3, -0.25) is 0 Å². The van der Waals surface area contributed by atoms with Crippen molar-refractivity contribution >= 4 is 51.2 Å². The number of para-hydroxylation sites is 4. The Balaban J connectivity index is 1.27. The van der Waals surface area contributed by atoms with E-state index in [-0.39, 0.29) is 0 Å². The summed E-state index contributed by atoms with van der Waals surface area (Å²) < 4.78 is 0. The minimum atomic E-state index is 1.09. The molecule has 0 atom stereocenters. The first-order valence-electron chi connectivity index (χ1n) is 15.6. The predicted octanol–water partition coefficient (Wildman–Crippen LogP) is 12.4. The summed E-state index contributed by atoms with van der Waals surface area (Å²) in [7, 11) is 0. The molecule has 0 unspecified atom stereocenters. The van der Waals surface area contributed by atoms with Crippen LogP contribution in [0.25, 0.3) is 0 Å². The van der Waals surface area contributed by atoms with Crippen molar-refractivity contribution in [3.8, 4) is 0 Å². The summed E-state index contributed by atoms with van der Waals surface area (Å²) in [5.74, 6) is 0. The van der Waals surface area contributed by atoms with Crippen LogP contribution in [0.5, 0.6) is 0 Å². The Hall–Kier alpha value is -6.06. The molecule has 0 amide bonds. The molecule has 0 aliphatic rings. The van der Waals surface area contributed by atoms with Crippen LogP contribution in [0.1, 0.15) is 5.56 Å². The van der Waals surface area contributed by atoms with Crippen molar-refractivity contribution in [2.75, 3.05) is 14.7 Å². The van der Waals surface area contributed by atoms with E-state index in [1.807, 2.05) is 0 Å². The van der Waals surface area contributed by atoms with E-state index in [0.717, 1.165) is 51.2 Å². The van der Waals surface area contributed by atoms with E-state index in [1.165, 1.54) is 5.56 Å². The van der Waals surface area contributed by atoms with E-state index in [0.29, 0.717) is 0 Å². The van der Waals surface area contributed by atoms with Crippen LogP contribution in [-0.2, 0) is 0 Å². The molecule has 0 saturated heterocycles. The van der Waals surface area contributed by atoms with Crippen LogP contribution in [-0.4, -0.2) is 0 Å². The smallest absolute Gasteiger partial charge is 0.0463 e. The molecule has 7 rings (SSSR count). The van der Waals surface area contributed by atoms with Crippen molar-refractivity contribution in [3.63, 3.8) is 0 Å². The largest absolute Gasteiger partial charge is 0.311 e. The molecule has 7 aromatic rings. The Morgan fingerprint density at radius 3 is 0.609 bits per heavy atom. The van der Waals surface area contributed by atoms with Gasteiger partial charge in [0.25, 0.3) is 0 Å². The standard InChI is InChI=1S/C43H35N3/c1-34-22-24-39(25-23-34)46(42-30-26-40(27-31-42)44(35-14-6-2-7-15-35)36-16-8-3-9-17-36)43-32-28-41(29-33-43)45(37-18-10-4-11-19-37)38-20-12-5-13-21-38/h2-33H,1H3. The Morgan fingerprint density at radius 2 is 0.391 bits per heavy atom. The highest BCUT2D eigenvalue weighted by atomic mass is 15.2. The topological polar surface area (TPSA) is 9.72 Å². The number of hydrogen-bond donors (Lipinski definition) is 0. The van der Waals surface area contributed by atoms with E-state index >= 15 is 0 Å². The molecule has 0 aliphatic heterocycles. The first kappa shape index (κ1) is 28.7. The summed E-state index contributed by atoms with van der Waals surface area (Å²) in [5, 5.41) is 0. The average Bonchev–Trinajstić information content (AvgIpc) is 3.13. The quantitative estimate of drug-likeness (QED) is 0.165. The van der Waals surface area contributed by atoms with Gasteiger partial charge < -0.3 is 14.7 Å². The molecule has 0 heterocycles. The lowest BCUT2D eigenvalue weighted by atomic mass is 10.1. The lowest BCUT2D eigenvalue weighted by Crippen LogP contribution is -2.13. The van der Waals surface area contributed by atoms with Crippen molar-refractivity contribution in [2.24, 2.45) is 0 Å². The molecular formula is C43H35N3. The third-order valence-corrected chi connectivity index (χ3v) is 8.08. The zero-order valence-electron chi connectivity index (χ0n) is 25.8. The molecule has 0 bridgehead atoms. The van der Waals surface area contributed by atoms with Gasteiger partial charge >= 0.3 is 0 Å². The van der Waals surface area contributed by atoms with Crippen molar-refractivity contribution in [1.82, 2.24) is 0 Å². The molecular weight excluding hydrogens is 558 g/mol. The lowest BCUT2D eigenvalue weighted by molar-refractivity contribution is 1.24. The zero-order chi connectivity index (χ0) is 31.1. The fraction of sp³-hybridized carbons (Fsp3) is 0.0233. The van der Waals surface area contributed by atoms with Gasteiger partial charge in [0.05, 0.1) is 0 Å². The van der Waals surface area contributed by atoms with Crippen molar-refractivity contribution in [3.05, 3.63) is 200 Å². The number of hydrogen-bond acceptors (Lipinski definition) is 3. The summed E-state index contributed by atoms with van der Waals surface area (Å²) >= 11 is 0. The van der Waals surface area contributed by atoms with Gasteiger partial charge in [-0.2, -0.15) is 0 Å². The SMILES string of the molecule is Cc1ccc(N(c2ccc(N(c3ccccc3)c3ccccc3)cc2)c2ccc(N(c3ccccc3)c3ccccc3)cc2)cc1. The van der Waals surface area contributed by atoms with Gasteiger partial charge in [-0.1, -0.05) is 90.5 Å². The van der Waals surface area contributed by atoms with Crippen LogP contribution < -0.4 is 14.7 Å². The van der Waals surface area contributed by atoms with Crippen LogP contribution in [0.15, 0.2) is 194 Å². The summed E-state index contributed by atoms with van der Waals surface area (Å²) in [6, 6.07) is 68.5. The molecule has 7 aromatic carbocycles. The lowest BCUT2D eigenvalue weighted by Gasteiger charge is -2.29. The molecule has 0 aromatic heterocycles. The molecule has 0 N–H and O–H groups in total. The number of nitrogens with zero attached hydrogens (tertiary/aromatic N) is 3. The summed E-state index contributed by atoms with van der Waals surface area (Å²) in [6.07, 6.45) is 0. The van der Waals surface area contributed by atoms with Crippen LogP contribution >= 0.6 is 0 Å². The number of benzene rings is 7. The van der Waals surface area contributed by atoms with Gasteiger partial charge in [0.1, 0.15) is 0 Å². The summed E-state index contributed by atoms with van der Waals surface area (Å²) in [5.41, 5.74) is 11.2. The van der Waals surface area contributed by atoms with Crippen LogP contribution in [0.2, 0.25) is 0 Å². The highest BCUT2D eigenvalue weighted by molar-refractivity contribution is 5.83. The Morgan fingerprint density at radius 1 is 0.217 bits per heavy atom. The van der Waals surface area contributed by atoms with E-state index in [2.05, 4.69) is 216 Å². The first-order valence-corrected chi connectivity index (χ1v) is 15.6. The molecule has 3 heteroatoms. The number of rotatable bonds is 9. The number of aryl methyl sites for hydroxylation is 1. The van der Waals surface area contributed by atoms with Crippen molar-refractivity contribution in [2.45, 2.75) is 6.92 Å². The molecule has 0 fully saturated rings. The normalized spacial score (nSPS) is 10.7. The molecule has 0 saturated carbocycles. The Labute approximate surface area is 271 Å². The maximum Gasteiger partial charge on any atom is 0.0463 e. The zero-order valence-corrected chi connectivity index (χ0v) is 25.8. The Kier molecular flexibility index (Phi) is 8.29. The third-order valence-electron chi connectivity index (χ3n) is 8.08. The molecule has 3 nitrogen and oxygen atoms in total. The van der Waals surface area contributed by atoms with Crippen molar-refractivity contribution < 1.29 is 0 Å². The fourth-order valence-electron chi connectivity index (χ4n) is 5.85. The second-order valence-electron chi connectivity index (χ2n) is 11.2. The predicted molar refractivity (Wildman–Crippen MR) is 195 cm³/mol. The molecule has 0 aliphatic carbocycles. The highest BCUT2D eigenvalue weighted by Gasteiger charge is 2.17. The van der Waals surface area contributed by atoms with Gasteiger partial charge in [0.2, 0.25) is 0 Å². The summed E-state index contributed by atoms with van der Waals surface area (Å²) in [4.78, 5) is 6.89. The van der Waals surface area contributed by atoms with Crippen molar-refractivity contribution in [1.29, 1.82) is 0 Å². The van der Waals surface area contributed by atoms with E-state index in [1.54, 1.807) is 0 Å². The maximum atomic E-state index is 2.32. The average molecular weight is 594 g/mol. The summed E-state index contributed by atoms with van der Waals surface area (Å²) in [6.45, 7) is 2.13. The van der Waals surface area contributed by atoms with Crippen LogP contribution in [0.3, 0.4) is 0 Å². The van der Waals surface area contributed by atoms with Gasteiger partial charge in [-0.15, -0.1) is 0 Å². The van der Waals surface area contributed by atoms with Gasteiger partial charge in [0, 0.05) is 51.2 Å². The fourth-order valence-corrected chi connectivity index (χ4v) is 5.85. The Bertz CT molecular complexity index is 1750. The second kappa shape index (κ2) is 13.3. The maximum absolute atomic E-state index is 2.32. The monoisotopic (exact) mass is 593 g/mol. The second-order valence-corrected chi connectivity index (χ2v) is 11.2. The van der Waals surface area contributed by atoms with E-state index in [4.69, 9.17) is 0 Å². The van der Waals surface area contributed by atoms with Crippen LogP contribution in [0.4, 0.5) is 51.2 Å². The highest BCUT2D eigenvalue weighted by Crippen LogP contribution is 2.41. The van der Waals surface area contributed by atoms with E-state index < -0.39 is 0 Å². The molecule has 0 spiro atoms. The third kappa shape index (κ3) is 6.12. The van der Waals surface area contributed by atoms with Gasteiger partial charge in [-0.05, 0) is 116 Å². The first-order chi connectivity index (χ1) is 22.7. The molecule has 46 heavy (non-hydrogen) atoms. The minimum Gasteiger partial charge on any atom is -0.311 e. The van der Waals surface area contributed by atoms with E-state index in [9.17, 15) is 0 Å². The van der Waals surface area contributed by atoms with Gasteiger partial charge in [-0.25, -0.2) is 0 Å². The molecule has 0 radical (unpaired) electrons. The molecule has 222 valence electrons.